The molecule has 1 amide bonds. The number of anilines is 1. The molecule has 2 heterocycles. The van der Waals surface area contributed by atoms with Crippen molar-refractivity contribution in [2.45, 2.75) is 36.6 Å². The van der Waals surface area contributed by atoms with Crippen LogP contribution in [-0.2, 0) is 11.3 Å². The van der Waals surface area contributed by atoms with Gasteiger partial charge in [-0.2, -0.15) is 5.10 Å². The van der Waals surface area contributed by atoms with E-state index in [0.717, 1.165) is 34.4 Å². The number of hydrogen-bond acceptors (Lipinski definition) is 7. The molecule has 0 spiro atoms. The van der Waals surface area contributed by atoms with Gasteiger partial charge < -0.3 is 0 Å². The highest BCUT2D eigenvalue weighted by molar-refractivity contribution is 8.01. The number of carbonyl (C=O) groups excluding carboxylic acids is 1. The molecule has 3 aromatic rings. The Hall–Kier alpha value is -2.46. The SMILES string of the molecule is CCSc1nnc(NC(=O)Cn2nc(C3CC3)n(-c3ccccc3)c2=O)s1. The average molecular weight is 403 g/mol. The van der Waals surface area contributed by atoms with Gasteiger partial charge in [0.1, 0.15) is 12.4 Å². The molecule has 1 fully saturated rings. The van der Waals surface area contributed by atoms with Gasteiger partial charge in [-0.3, -0.25) is 10.1 Å². The molecule has 4 rings (SSSR count). The van der Waals surface area contributed by atoms with Gasteiger partial charge in [0, 0.05) is 5.92 Å². The summed E-state index contributed by atoms with van der Waals surface area (Å²) >= 11 is 2.88. The molecule has 1 aliphatic rings. The minimum absolute atomic E-state index is 0.159. The lowest BCUT2D eigenvalue weighted by Crippen LogP contribution is -2.29. The van der Waals surface area contributed by atoms with Crippen molar-refractivity contribution in [2.75, 3.05) is 11.1 Å². The first kappa shape index (κ1) is 17.9. The maximum Gasteiger partial charge on any atom is 0.351 e. The first-order valence-corrected chi connectivity index (χ1v) is 10.5. The number of aromatic nitrogens is 5. The molecular weight excluding hydrogens is 384 g/mol. The number of para-hydroxylation sites is 1. The van der Waals surface area contributed by atoms with Crippen molar-refractivity contribution >= 4 is 34.1 Å². The highest BCUT2D eigenvalue weighted by Crippen LogP contribution is 2.39. The second kappa shape index (κ2) is 7.65. The molecule has 0 saturated heterocycles. The number of nitrogens with zero attached hydrogens (tertiary/aromatic N) is 5. The van der Waals surface area contributed by atoms with E-state index in [1.54, 1.807) is 16.3 Å². The lowest BCUT2D eigenvalue weighted by Gasteiger charge is -2.03. The zero-order valence-electron chi connectivity index (χ0n) is 14.7. The van der Waals surface area contributed by atoms with E-state index in [9.17, 15) is 9.59 Å². The van der Waals surface area contributed by atoms with Crippen molar-refractivity contribution in [2.24, 2.45) is 0 Å². The van der Waals surface area contributed by atoms with Crippen LogP contribution < -0.4 is 11.0 Å². The van der Waals surface area contributed by atoms with Gasteiger partial charge >= 0.3 is 5.69 Å². The van der Waals surface area contributed by atoms with Gasteiger partial charge in [0.05, 0.1) is 5.69 Å². The number of nitrogens with one attached hydrogen (secondary N) is 1. The van der Waals surface area contributed by atoms with Crippen LogP contribution in [0.3, 0.4) is 0 Å². The standard InChI is InChI=1S/C17H18N6O2S2/c1-2-26-16-20-19-15(27-16)18-13(24)10-22-17(25)23(12-6-4-3-5-7-12)14(21-22)11-8-9-11/h3-7,11H,2,8-10H2,1H3,(H,18,19,24). The Balaban J connectivity index is 1.55. The minimum Gasteiger partial charge on any atom is -0.299 e. The van der Waals surface area contributed by atoms with Gasteiger partial charge in [-0.15, -0.1) is 10.2 Å². The van der Waals surface area contributed by atoms with Crippen LogP contribution in [0.5, 0.6) is 0 Å². The van der Waals surface area contributed by atoms with Crippen molar-refractivity contribution in [3.8, 4) is 5.69 Å². The topological polar surface area (TPSA) is 94.7 Å². The lowest BCUT2D eigenvalue weighted by molar-refractivity contribution is -0.117. The zero-order chi connectivity index (χ0) is 18.8. The van der Waals surface area contributed by atoms with E-state index < -0.39 is 0 Å². The third-order valence-corrected chi connectivity index (χ3v) is 5.89. The second-order valence-electron chi connectivity index (χ2n) is 6.10. The first-order valence-electron chi connectivity index (χ1n) is 8.67. The summed E-state index contributed by atoms with van der Waals surface area (Å²) in [5.74, 6) is 1.54. The summed E-state index contributed by atoms with van der Waals surface area (Å²) in [7, 11) is 0. The van der Waals surface area contributed by atoms with Crippen molar-refractivity contribution < 1.29 is 4.79 Å². The number of benzene rings is 1. The van der Waals surface area contributed by atoms with Crippen LogP contribution >= 0.6 is 23.1 Å². The number of rotatable bonds is 7. The number of amides is 1. The predicted octanol–water partition coefficient (Wildman–Crippen LogP) is 2.51. The van der Waals surface area contributed by atoms with Crippen LogP contribution in [0.25, 0.3) is 5.69 Å². The number of thioether (sulfide) groups is 1. The Morgan fingerprint density at radius 2 is 2.07 bits per heavy atom. The zero-order valence-corrected chi connectivity index (χ0v) is 16.3. The smallest absolute Gasteiger partial charge is 0.299 e. The molecule has 140 valence electrons. The minimum atomic E-state index is -0.346. The van der Waals surface area contributed by atoms with E-state index in [1.807, 2.05) is 37.3 Å². The van der Waals surface area contributed by atoms with Crippen LogP contribution in [0.1, 0.15) is 31.5 Å². The molecule has 0 bridgehead atoms. The van der Waals surface area contributed by atoms with E-state index in [1.165, 1.54) is 16.0 Å². The lowest BCUT2D eigenvalue weighted by atomic mass is 10.3. The molecule has 1 aliphatic carbocycles. The van der Waals surface area contributed by atoms with E-state index in [-0.39, 0.29) is 24.1 Å². The molecule has 1 aromatic carbocycles. The second-order valence-corrected chi connectivity index (χ2v) is 8.59. The molecule has 2 aromatic heterocycles. The summed E-state index contributed by atoms with van der Waals surface area (Å²) in [6.45, 7) is 1.87. The van der Waals surface area contributed by atoms with Crippen molar-refractivity contribution in [3.63, 3.8) is 0 Å². The van der Waals surface area contributed by atoms with Crippen LogP contribution in [0.2, 0.25) is 0 Å². The highest BCUT2D eigenvalue weighted by atomic mass is 32.2. The van der Waals surface area contributed by atoms with Crippen LogP contribution in [0.15, 0.2) is 39.5 Å². The monoisotopic (exact) mass is 402 g/mol. The molecule has 1 N–H and O–H groups in total. The number of hydrogen-bond donors (Lipinski definition) is 1. The van der Waals surface area contributed by atoms with Gasteiger partial charge in [-0.25, -0.2) is 14.0 Å². The summed E-state index contributed by atoms with van der Waals surface area (Å²) in [5.41, 5.74) is 0.458. The Kier molecular flexibility index (Phi) is 5.08. The third kappa shape index (κ3) is 3.96. The van der Waals surface area contributed by atoms with E-state index in [2.05, 4.69) is 20.6 Å². The van der Waals surface area contributed by atoms with Crippen LogP contribution in [-0.4, -0.2) is 36.2 Å². The predicted molar refractivity (Wildman–Crippen MR) is 105 cm³/mol. The maximum atomic E-state index is 12.9. The Bertz CT molecular complexity index is 1010. The molecule has 0 unspecified atom stereocenters. The molecule has 8 nitrogen and oxygen atoms in total. The van der Waals surface area contributed by atoms with E-state index in [4.69, 9.17) is 0 Å². The molecule has 0 atom stereocenters. The summed E-state index contributed by atoms with van der Waals surface area (Å²) in [6.07, 6.45) is 2.02. The fraction of sp³-hybridized carbons (Fsp3) is 0.353. The quantitative estimate of drug-likeness (QED) is 0.482. The van der Waals surface area contributed by atoms with Crippen molar-refractivity contribution in [3.05, 3.63) is 46.6 Å². The van der Waals surface area contributed by atoms with Gasteiger partial charge in [0.2, 0.25) is 11.0 Å². The van der Waals surface area contributed by atoms with Gasteiger partial charge in [0.25, 0.3) is 0 Å². The molecule has 0 radical (unpaired) electrons. The summed E-state index contributed by atoms with van der Waals surface area (Å²) in [5, 5.41) is 15.5. The van der Waals surface area contributed by atoms with Crippen molar-refractivity contribution in [1.29, 1.82) is 0 Å². The third-order valence-electron chi connectivity index (χ3n) is 4.04. The number of carbonyl (C=O) groups is 1. The molecule has 27 heavy (non-hydrogen) atoms. The fourth-order valence-corrected chi connectivity index (χ4v) is 4.36. The summed E-state index contributed by atoms with van der Waals surface area (Å²) in [6, 6.07) is 9.39. The van der Waals surface area contributed by atoms with E-state index in [0.29, 0.717) is 5.13 Å². The van der Waals surface area contributed by atoms with Crippen LogP contribution in [0, 0.1) is 0 Å². The van der Waals surface area contributed by atoms with Gasteiger partial charge in [-0.1, -0.05) is 48.2 Å². The highest BCUT2D eigenvalue weighted by Gasteiger charge is 2.31. The van der Waals surface area contributed by atoms with Gasteiger partial charge in [-0.05, 0) is 30.7 Å². The Morgan fingerprint density at radius 3 is 2.78 bits per heavy atom. The van der Waals surface area contributed by atoms with Gasteiger partial charge in [0.15, 0.2) is 4.34 Å². The molecule has 0 aliphatic heterocycles. The average Bonchev–Trinajstić information content (AvgIpc) is 3.34. The van der Waals surface area contributed by atoms with E-state index >= 15 is 0 Å². The maximum absolute atomic E-state index is 12.9. The fourth-order valence-electron chi connectivity index (χ4n) is 2.69. The van der Waals surface area contributed by atoms with Crippen LogP contribution in [0.4, 0.5) is 5.13 Å². The normalized spacial score (nSPS) is 13.7. The molecular formula is C17H18N6O2S2. The molecule has 10 heteroatoms. The Labute approximate surface area is 163 Å². The summed E-state index contributed by atoms with van der Waals surface area (Å²) < 4.78 is 3.62. The summed E-state index contributed by atoms with van der Waals surface area (Å²) in [4.78, 5) is 25.2. The first-order chi connectivity index (χ1) is 13.2. The Morgan fingerprint density at radius 1 is 1.30 bits per heavy atom. The van der Waals surface area contributed by atoms with Crippen molar-refractivity contribution in [1.82, 2.24) is 24.5 Å². The molecule has 1 saturated carbocycles. The largest absolute Gasteiger partial charge is 0.351 e.